The molecule has 0 aromatic carbocycles. The van der Waals surface area contributed by atoms with Gasteiger partial charge < -0.3 is 56.5 Å². The lowest BCUT2D eigenvalue weighted by atomic mass is 10.2. The molecule has 1 aliphatic heterocycles. The Morgan fingerprint density at radius 3 is 1.09 bits per heavy atom. The third-order valence-electron chi connectivity index (χ3n) is 7.14. The van der Waals surface area contributed by atoms with Gasteiger partial charge in [-0.25, -0.2) is 0 Å². The van der Waals surface area contributed by atoms with Gasteiger partial charge in [-0.2, -0.15) is 0 Å². The molecule has 0 aliphatic carbocycles. The summed E-state index contributed by atoms with van der Waals surface area (Å²) in [7, 11) is -1.69. The maximum absolute atomic E-state index is 6.08. The van der Waals surface area contributed by atoms with E-state index >= 15 is 0 Å². The molecule has 1 rings (SSSR count). The Balaban J connectivity index is 1.64. The molecule has 44 heavy (non-hydrogen) atoms. The van der Waals surface area contributed by atoms with Gasteiger partial charge in [0.1, 0.15) is 0 Å². The molecule has 0 spiro atoms. The lowest BCUT2D eigenvalue weighted by molar-refractivity contribution is -0.169. The molecule has 0 bridgehead atoms. The summed E-state index contributed by atoms with van der Waals surface area (Å²) in [6.45, 7) is 22.8. The maximum atomic E-state index is 6.08. The summed E-state index contributed by atoms with van der Waals surface area (Å²) in [5.74, 6) is 0. The lowest BCUT2D eigenvalue weighted by Crippen LogP contribution is -2.41. The first-order valence-electron chi connectivity index (χ1n) is 16.4. The summed E-state index contributed by atoms with van der Waals surface area (Å²) in [6, 6.07) is 0. The molecular weight excluding hydrogens is 592 g/mol. The third-order valence-corrected chi connectivity index (χ3v) is 11.7. The van der Waals surface area contributed by atoms with Gasteiger partial charge in [0.2, 0.25) is 0 Å². The van der Waals surface area contributed by atoms with Crippen LogP contribution in [0.2, 0.25) is 18.1 Å². The van der Waals surface area contributed by atoms with Crippen LogP contribution in [0.15, 0.2) is 0 Å². The normalized spacial score (nSPS) is 16.2. The molecule has 0 N–H and O–H groups in total. The van der Waals surface area contributed by atoms with Crippen LogP contribution in [0.25, 0.3) is 0 Å². The second-order valence-corrected chi connectivity index (χ2v) is 16.6. The second-order valence-electron chi connectivity index (χ2n) is 11.8. The minimum Gasteiger partial charge on any atom is -0.414 e. The molecule has 0 amide bonds. The van der Waals surface area contributed by atoms with E-state index in [4.69, 9.17) is 56.5 Å². The molecule has 1 saturated heterocycles. The summed E-state index contributed by atoms with van der Waals surface area (Å²) in [5.41, 5.74) is 0. The SMILES string of the molecule is CC(C)(C)[Si](C)(C)OCCOCCOCCOCCOCCOCCOCCOCCOCCOCCOC1CCCCO1. The van der Waals surface area contributed by atoms with Gasteiger partial charge in [-0.05, 0) is 37.4 Å². The van der Waals surface area contributed by atoms with Crippen LogP contribution in [0.1, 0.15) is 40.0 Å². The van der Waals surface area contributed by atoms with E-state index in [9.17, 15) is 0 Å². The summed E-state index contributed by atoms with van der Waals surface area (Å²) in [6.07, 6.45) is 3.20. The van der Waals surface area contributed by atoms with Crippen LogP contribution in [0, 0.1) is 0 Å². The molecule has 264 valence electrons. The van der Waals surface area contributed by atoms with Gasteiger partial charge >= 0.3 is 0 Å². The van der Waals surface area contributed by atoms with Crippen LogP contribution in [0.5, 0.6) is 0 Å². The molecule has 0 aromatic rings. The van der Waals surface area contributed by atoms with E-state index in [-0.39, 0.29) is 11.3 Å². The zero-order chi connectivity index (χ0) is 32.0. The first-order chi connectivity index (χ1) is 21.3. The smallest absolute Gasteiger partial charge is 0.192 e. The molecule has 0 radical (unpaired) electrons. The highest BCUT2D eigenvalue weighted by molar-refractivity contribution is 6.74. The minimum atomic E-state index is -1.69. The highest BCUT2D eigenvalue weighted by atomic mass is 28.4. The van der Waals surface area contributed by atoms with Crippen molar-refractivity contribution in [2.24, 2.45) is 0 Å². The van der Waals surface area contributed by atoms with Gasteiger partial charge in [0.25, 0.3) is 0 Å². The van der Waals surface area contributed by atoms with Crippen LogP contribution < -0.4 is 0 Å². The Morgan fingerprint density at radius 2 is 0.795 bits per heavy atom. The van der Waals surface area contributed by atoms with Gasteiger partial charge in [-0.1, -0.05) is 20.8 Å². The van der Waals surface area contributed by atoms with Crippen molar-refractivity contribution < 1.29 is 56.5 Å². The molecular formula is C31H64O12Si. The van der Waals surface area contributed by atoms with Gasteiger partial charge in [0.05, 0.1) is 132 Å². The minimum absolute atomic E-state index is 0.0629. The van der Waals surface area contributed by atoms with Crippen LogP contribution in [0.3, 0.4) is 0 Å². The fraction of sp³-hybridized carbons (Fsp3) is 1.00. The quantitative estimate of drug-likeness (QED) is 0.0778. The van der Waals surface area contributed by atoms with Crippen LogP contribution >= 0.6 is 0 Å². The van der Waals surface area contributed by atoms with Crippen molar-refractivity contribution >= 4 is 8.32 Å². The average Bonchev–Trinajstić information content (AvgIpc) is 3.00. The Hall–Kier alpha value is -0.263. The van der Waals surface area contributed by atoms with Crippen molar-refractivity contribution in [3.63, 3.8) is 0 Å². The van der Waals surface area contributed by atoms with Gasteiger partial charge in [-0.3, -0.25) is 0 Å². The van der Waals surface area contributed by atoms with Crippen LogP contribution in [0.4, 0.5) is 0 Å². The zero-order valence-corrected chi connectivity index (χ0v) is 29.4. The molecule has 13 heteroatoms. The van der Waals surface area contributed by atoms with E-state index in [1.54, 1.807) is 0 Å². The average molecular weight is 657 g/mol. The highest BCUT2D eigenvalue weighted by Gasteiger charge is 2.36. The summed E-state index contributed by atoms with van der Waals surface area (Å²) < 4.78 is 66.7. The fourth-order valence-electron chi connectivity index (χ4n) is 3.51. The van der Waals surface area contributed by atoms with E-state index in [0.29, 0.717) is 132 Å². The number of hydrogen-bond donors (Lipinski definition) is 0. The largest absolute Gasteiger partial charge is 0.414 e. The monoisotopic (exact) mass is 656 g/mol. The van der Waals surface area contributed by atoms with Crippen molar-refractivity contribution in [1.82, 2.24) is 0 Å². The number of ether oxygens (including phenoxy) is 11. The first kappa shape index (κ1) is 41.8. The summed E-state index contributed by atoms with van der Waals surface area (Å²) in [4.78, 5) is 0. The molecule has 1 aliphatic rings. The standard InChI is InChI=1S/C31H64O12Si/c1-31(2,3)44(4,5)43-29-27-40-25-23-38-21-19-36-17-15-34-13-11-32-10-12-33-14-16-35-18-20-37-22-24-39-26-28-42-30-8-6-7-9-41-30/h30H,6-29H2,1-5H3. The first-order valence-corrected chi connectivity index (χ1v) is 19.3. The summed E-state index contributed by atoms with van der Waals surface area (Å²) >= 11 is 0. The Morgan fingerprint density at radius 1 is 0.477 bits per heavy atom. The van der Waals surface area contributed by atoms with Gasteiger partial charge in [-0.15, -0.1) is 0 Å². The van der Waals surface area contributed by atoms with Crippen molar-refractivity contribution in [2.45, 2.75) is 64.5 Å². The maximum Gasteiger partial charge on any atom is 0.192 e. The molecule has 1 fully saturated rings. The van der Waals surface area contributed by atoms with Gasteiger partial charge in [0, 0.05) is 6.61 Å². The van der Waals surface area contributed by atoms with E-state index in [1.165, 1.54) is 6.42 Å². The highest BCUT2D eigenvalue weighted by Crippen LogP contribution is 2.36. The Kier molecular flexibility index (Phi) is 27.4. The third kappa shape index (κ3) is 25.9. The van der Waals surface area contributed by atoms with Crippen molar-refractivity contribution in [3.8, 4) is 0 Å². The van der Waals surface area contributed by atoms with Crippen LogP contribution in [-0.4, -0.2) is 153 Å². The predicted octanol–water partition coefficient (Wildman–Crippen LogP) is 3.70. The van der Waals surface area contributed by atoms with E-state index in [0.717, 1.165) is 19.4 Å². The van der Waals surface area contributed by atoms with E-state index in [1.807, 2.05) is 0 Å². The Labute approximate surface area is 268 Å². The molecule has 12 nitrogen and oxygen atoms in total. The van der Waals surface area contributed by atoms with Crippen molar-refractivity contribution in [3.05, 3.63) is 0 Å². The molecule has 1 atom stereocenters. The topological polar surface area (TPSA) is 111 Å². The number of hydrogen-bond acceptors (Lipinski definition) is 12. The second kappa shape index (κ2) is 28.9. The van der Waals surface area contributed by atoms with Crippen molar-refractivity contribution in [2.75, 3.05) is 139 Å². The predicted molar refractivity (Wildman–Crippen MR) is 170 cm³/mol. The Bertz CT molecular complexity index is 603. The molecule has 1 unspecified atom stereocenters. The fourth-order valence-corrected chi connectivity index (χ4v) is 4.54. The molecule has 0 aromatic heterocycles. The van der Waals surface area contributed by atoms with E-state index < -0.39 is 8.32 Å². The lowest BCUT2D eigenvalue weighted by Gasteiger charge is -2.36. The molecule has 0 saturated carbocycles. The number of rotatable bonds is 32. The zero-order valence-electron chi connectivity index (χ0n) is 28.4. The van der Waals surface area contributed by atoms with Crippen molar-refractivity contribution in [1.29, 1.82) is 0 Å². The summed E-state index contributed by atoms with van der Waals surface area (Å²) in [5, 5.41) is 0.220. The van der Waals surface area contributed by atoms with Gasteiger partial charge in [0.15, 0.2) is 14.6 Å². The van der Waals surface area contributed by atoms with E-state index in [2.05, 4.69) is 33.9 Å². The molecule has 1 heterocycles. The van der Waals surface area contributed by atoms with Crippen LogP contribution in [-0.2, 0) is 56.5 Å².